The normalized spacial score (nSPS) is 12.2. The van der Waals surface area contributed by atoms with Crippen molar-refractivity contribution < 1.29 is 97.7 Å². The molecular weight excluding hydrogens is 1380 g/mol. The molecule has 564 valence electrons. The van der Waals surface area contributed by atoms with E-state index in [1.165, 1.54) is 45.7 Å². The number of carboxylic acid groups (broad SMARTS) is 6. The molecule has 6 rings (SSSR count). The monoisotopic (exact) mass is 1470 g/mol. The van der Waals surface area contributed by atoms with Crippen LogP contribution in [0.4, 0.5) is 0 Å². The first kappa shape index (κ1) is 91.9. The summed E-state index contributed by atoms with van der Waals surface area (Å²) in [4.78, 5) is 148. The highest BCUT2D eigenvalue weighted by atomic mass is 32.2. The highest BCUT2D eigenvalue weighted by Gasteiger charge is 2.17. The zero-order valence-electron chi connectivity index (χ0n) is 59.1. The number of hydrogen-bond donors (Lipinski definition) is 13. The van der Waals surface area contributed by atoms with Crippen molar-refractivity contribution in [2.45, 2.75) is 134 Å². The molecule has 0 spiro atoms. The van der Waals surface area contributed by atoms with Crippen molar-refractivity contribution in [3.05, 3.63) is 201 Å². The van der Waals surface area contributed by atoms with E-state index in [0.717, 1.165) is 61.4 Å². The number of aliphatic carboxylic acids is 6. The second-order valence-electron chi connectivity index (χ2n) is 23.7. The number of nitrogens with zero attached hydrogens (tertiary/aromatic N) is 2. The van der Waals surface area contributed by atoms with Crippen molar-refractivity contribution in [2.24, 2.45) is 44.4 Å². The summed E-state index contributed by atoms with van der Waals surface area (Å²) in [5.41, 5.74) is 40.7. The first-order valence-electron chi connectivity index (χ1n) is 32.3. The van der Waals surface area contributed by atoms with Gasteiger partial charge in [-0.3, -0.25) is 62.5 Å². The summed E-state index contributed by atoms with van der Waals surface area (Å²) in [6.07, 6.45) is 6.00. The largest absolute Gasteiger partial charge is 0.486 e. The Kier molecular flexibility index (Phi) is 44.0. The lowest BCUT2D eigenvalue weighted by Crippen LogP contribution is -2.32. The number of Topliss-reactive ketones (excluding diaryl/α,β-unsaturated/α-hetero) is 5. The highest BCUT2D eigenvalue weighted by molar-refractivity contribution is 8.00. The molecule has 19 N–H and O–H groups in total. The van der Waals surface area contributed by atoms with E-state index in [9.17, 15) is 62.3 Å². The topological polar surface area (TPSA) is 545 Å². The SMILES string of the molecule is CC(=O)CCc1ccc(CC(N)C(=O)O)cc1.CC(=O)CN=Cc1ccc(CC(N)C(=O)O)cc1.CC(=O)CNC(=O)c1ccc(CC(N)C(=O)O)cc1.CC(=O)COc1ccc(CC(N)C(=O)O)cc1.CC(=O)CSc1ccc(CC(N)C(=O)O)cc1.CC(=O)N=Cc1ccc(CC(N)C(=O)O)cc1. The van der Waals surface area contributed by atoms with Gasteiger partial charge in [-0.15, -0.1) is 11.8 Å². The number of nitrogens with one attached hydrogen (secondary N) is 1. The maximum absolute atomic E-state index is 11.6. The number of amides is 2. The minimum absolute atomic E-state index is 0.00945. The van der Waals surface area contributed by atoms with Crippen LogP contribution in [0.15, 0.2) is 160 Å². The van der Waals surface area contributed by atoms with Crippen LogP contribution >= 0.6 is 11.8 Å². The van der Waals surface area contributed by atoms with Gasteiger partial charge in [0.1, 0.15) is 66.0 Å². The molecule has 0 aliphatic rings. The molecular formula is C75H93N9O20S. The van der Waals surface area contributed by atoms with Crippen LogP contribution in [0.1, 0.15) is 108 Å². The Morgan fingerprint density at radius 3 is 1.04 bits per heavy atom. The number of aryl methyl sites for hydroxylation is 1. The van der Waals surface area contributed by atoms with Gasteiger partial charge in [0.25, 0.3) is 5.91 Å². The summed E-state index contributed by atoms with van der Waals surface area (Å²) in [6, 6.07) is 37.1. The van der Waals surface area contributed by atoms with Gasteiger partial charge in [0.2, 0.25) is 5.91 Å². The maximum atomic E-state index is 11.6. The first-order valence-corrected chi connectivity index (χ1v) is 33.3. The molecule has 0 aliphatic heterocycles. The van der Waals surface area contributed by atoms with Crippen LogP contribution in [0.5, 0.6) is 5.75 Å². The van der Waals surface area contributed by atoms with E-state index >= 15 is 0 Å². The Labute approximate surface area is 611 Å². The van der Waals surface area contributed by atoms with Crippen LogP contribution < -0.4 is 44.5 Å². The fourth-order valence-electron chi connectivity index (χ4n) is 8.05. The quantitative estimate of drug-likeness (QED) is 0.0198. The lowest BCUT2D eigenvalue weighted by Gasteiger charge is -2.08. The zero-order chi connectivity index (χ0) is 79.3. The van der Waals surface area contributed by atoms with Crippen molar-refractivity contribution in [1.82, 2.24) is 5.32 Å². The number of hydrogen-bond acceptors (Lipinski definition) is 22. The van der Waals surface area contributed by atoms with E-state index < -0.39 is 72.1 Å². The lowest BCUT2D eigenvalue weighted by molar-refractivity contribution is -0.139. The van der Waals surface area contributed by atoms with Gasteiger partial charge in [-0.05, 0) is 166 Å². The summed E-state index contributed by atoms with van der Waals surface area (Å²) in [6.45, 7) is 9.00. The van der Waals surface area contributed by atoms with E-state index in [-0.39, 0.29) is 79.7 Å². The molecule has 2 amide bonds. The molecule has 6 aromatic carbocycles. The first-order chi connectivity index (χ1) is 49.3. The standard InChI is InChI=1S/C13H16N2O4.C13H16N2O3.C13H17NO3.C12H14N2O3.C12H15NO4.C12H15NO3S/c1-8(16)7-15-12(17)10-4-2-9(3-5-10)6-11(14)13(18)19;1-9(16)7-15-8-11-4-2-10(3-5-11)6-12(14)13(17)18;1-9(15)2-3-10-4-6-11(7-5-10)8-12(14)13(16)17;1-8(15)14-7-10-4-2-9(3-5-10)6-11(13)12(16)17;2*1-8(14)7-17-10-4-2-9(3-5-10)6-11(13)12(15)16/h2-5,11H,6-7,14H2,1H3,(H,15,17)(H,18,19);2-5,8,12H,6-7,14H2,1H3,(H,17,18);4-7,12H,2-3,8,14H2,1H3,(H,16,17);2-5,7,11H,6,13H2,1H3,(H,16,17);2*2-5,11H,6-7,13H2,1H3,(H,15,16). The zero-order valence-corrected chi connectivity index (χ0v) is 59.9. The molecule has 0 saturated heterocycles. The third-order valence-electron chi connectivity index (χ3n) is 13.8. The van der Waals surface area contributed by atoms with Gasteiger partial charge in [-0.1, -0.05) is 109 Å². The van der Waals surface area contributed by atoms with Gasteiger partial charge in [0.05, 0.1) is 18.8 Å². The molecule has 0 radical (unpaired) electrons. The van der Waals surface area contributed by atoms with E-state index in [1.807, 2.05) is 60.7 Å². The van der Waals surface area contributed by atoms with Crippen molar-refractivity contribution in [3.8, 4) is 5.75 Å². The average molecular weight is 1470 g/mol. The Morgan fingerprint density at radius 1 is 0.400 bits per heavy atom. The Balaban J connectivity index is 0.000000630. The van der Waals surface area contributed by atoms with E-state index in [0.29, 0.717) is 42.7 Å². The number of carboxylic acids is 6. The fraction of sp³-hybridized carbons (Fsp3) is 0.320. The third-order valence-corrected chi connectivity index (χ3v) is 14.9. The number of rotatable bonds is 34. The second-order valence-corrected chi connectivity index (χ2v) is 24.7. The Bertz CT molecular complexity index is 3680. The van der Waals surface area contributed by atoms with Crippen LogP contribution in [-0.2, 0) is 102 Å². The summed E-state index contributed by atoms with van der Waals surface area (Å²) in [5.74, 6) is -5.57. The number of carbonyl (C=O) groups excluding carboxylic acids is 7. The Hall–Kier alpha value is -11.1. The molecule has 0 aliphatic carbocycles. The molecule has 0 heterocycles. The summed E-state index contributed by atoms with van der Waals surface area (Å²) >= 11 is 1.47. The number of carbonyl (C=O) groups is 13. The molecule has 6 unspecified atom stereocenters. The maximum Gasteiger partial charge on any atom is 0.320 e. The number of benzene rings is 6. The smallest absolute Gasteiger partial charge is 0.320 e. The molecule has 0 aromatic heterocycles. The molecule has 0 saturated carbocycles. The van der Waals surface area contributed by atoms with Gasteiger partial charge >= 0.3 is 35.8 Å². The van der Waals surface area contributed by atoms with Gasteiger partial charge in [-0.25, -0.2) is 4.99 Å². The minimum Gasteiger partial charge on any atom is -0.486 e. The predicted octanol–water partition coefficient (Wildman–Crippen LogP) is 4.31. The van der Waals surface area contributed by atoms with Gasteiger partial charge in [0.15, 0.2) is 11.6 Å². The van der Waals surface area contributed by atoms with Crippen molar-refractivity contribution in [3.63, 3.8) is 0 Å². The van der Waals surface area contributed by atoms with Gasteiger partial charge in [0, 0.05) is 36.2 Å². The van der Waals surface area contributed by atoms with Crippen LogP contribution in [0, 0.1) is 0 Å². The third kappa shape index (κ3) is 44.1. The number of ether oxygens (including phenoxy) is 1. The van der Waals surface area contributed by atoms with Crippen LogP contribution in [-0.4, -0.2) is 181 Å². The van der Waals surface area contributed by atoms with E-state index in [1.54, 1.807) is 105 Å². The van der Waals surface area contributed by atoms with E-state index in [2.05, 4.69) is 15.3 Å². The fourth-order valence-corrected chi connectivity index (χ4v) is 8.75. The van der Waals surface area contributed by atoms with Crippen LogP contribution in [0.25, 0.3) is 0 Å². The van der Waals surface area contributed by atoms with E-state index in [4.69, 9.17) is 69.8 Å². The number of ketones is 5. The lowest BCUT2D eigenvalue weighted by atomic mass is 10.0. The summed E-state index contributed by atoms with van der Waals surface area (Å²) < 4.78 is 5.18. The second kappa shape index (κ2) is 50.3. The predicted molar refractivity (Wildman–Crippen MR) is 396 cm³/mol. The van der Waals surface area contributed by atoms with Gasteiger partial charge < -0.3 is 79.9 Å². The van der Waals surface area contributed by atoms with Gasteiger partial charge in [-0.2, -0.15) is 0 Å². The van der Waals surface area contributed by atoms with Crippen molar-refractivity contribution in [1.29, 1.82) is 0 Å². The molecule has 6 atom stereocenters. The van der Waals surface area contributed by atoms with Crippen molar-refractivity contribution >= 4 is 101 Å². The highest BCUT2D eigenvalue weighted by Crippen LogP contribution is 2.19. The van der Waals surface area contributed by atoms with Crippen molar-refractivity contribution in [2.75, 3.05) is 25.4 Å². The summed E-state index contributed by atoms with van der Waals surface area (Å²) in [5, 5.41) is 54.5. The molecule has 29 nitrogen and oxygen atoms in total. The molecule has 0 bridgehead atoms. The molecule has 105 heavy (non-hydrogen) atoms. The molecule has 6 aromatic rings. The molecule has 30 heteroatoms. The van der Waals surface area contributed by atoms with Crippen LogP contribution in [0.3, 0.4) is 0 Å². The summed E-state index contributed by atoms with van der Waals surface area (Å²) in [7, 11) is 0. The minimum atomic E-state index is -1.07. The number of aliphatic imine (C=N–C) groups is 2. The molecule has 0 fully saturated rings. The number of nitrogens with two attached hydrogens (primary N) is 6. The van der Waals surface area contributed by atoms with Crippen LogP contribution in [0.2, 0.25) is 0 Å². The number of thioether (sulfide) groups is 1. The Morgan fingerprint density at radius 2 is 0.724 bits per heavy atom. The average Bonchev–Trinajstić information content (AvgIpc) is 0.936.